The van der Waals surface area contributed by atoms with Gasteiger partial charge in [0.05, 0.1) is 34.8 Å². The predicted molar refractivity (Wildman–Crippen MR) is 175 cm³/mol. The molecule has 250 valence electrons. The van der Waals surface area contributed by atoms with Crippen molar-refractivity contribution in [3.05, 3.63) is 35.4 Å². The first kappa shape index (κ1) is 31.7. The van der Waals surface area contributed by atoms with E-state index in [2.05, 4.69) is 30.4 Å². The quantitative estimate of drug-likeness (QED) is 0.226. The van der Waals surface area contributed by atoms with Gasteiger partial charge in [-0.25, -0.2) is 13.6 Å². The van der Waals surface area contributed by atoms with E-state index in [0.717, 1.165) is 38.8 Å². The van der Waals surface area contributed by atoms with Crippen molar-refractivity contribution in [1.82, 2.24) is 35.4 Å². The Morgan fingerprint density at radius 2 is 1.85 bits per heavy atom. The van der Waals surface area contributed by atoms with E-state index < -0.39 is 24.1 Å². The Bertz CT molecular complexity index is 1780. The van der Waals surface area contributed by atoms with Crippen molar-refractivity contribution in [3.8, 4) is 17.3 Å². The fourth-order valence-electron chi connectivity index (χ4n) is 7.07. The van der Waals surface area contributed by atoms with Crippen LogP contribution in [0.4, 0.5) is 19.4 Å². The normalized spacial score (nSPS) is 21.5. The summed E-state index contributed by atoms with van der Waals surface area (Å²) in [5.41, 5.74) is -0.0685. The van der Waals surface area contributed by atoms with Crippen LogP contribution in [0.3, 0.4) is 0 Å². The number of benzene rings is 1. The number of halogens is 3. The van der Waals surface area contributed by atoms with E-state index in [0.29, 0.717) is 52.3 Å². The van der Waals surface area contributed by atoms with Crippen LogP contribution in [0.1, 0.15) is 58.3 Å². The summed E-state index contributed by atoms with van der Waals surface area (Å²) in [4.78, 5) is 30.3. The predicted octanol–water partition coefficient (Wildman–Crippen LogP) is 6.20. The Hall–Kier alpha value is -3.84. The van der Waals surface area contributed by atoms with Crippen LogP contribution in [0.25, 0.3) is 33.1 Å². The molecule has 0 unspecified atom stereocenters. The molecule has 3 aromatic heterocycles. The molecule has 0 spiro atoms. The molecule has 1 atom stereocenters. The summed E-state index contributed by atoms with van der Waals surface area (Å²) in [6, 6.07) is 3.39. The SMILES string of the molecule is C1CC1.CCOC(=O)N[C@]1(CF)CCN(c2nc(OCC34CCCN3CCC4)nc3c(F)c(-c4cc(Cl)cc5[nH]ncc45)ncc23)C1. The summed E-state index contributed by atoms with van der Waals surface area (Å²) < 4.78 is 42.3. The molecule has 6 heterocycles. The number of rotatable bonds is 8. The minimum absolute atomic E-state index is 0.0231. The molecule has 3 saturated heterocycles. The van der Waals surface area contributed by atoms with Gasteiger partial charge >= 0.3 is 12.1 Å². The van der Waals surface area contributed by atoms with Gasteiger partial charge in [-0.2, -0.15) is 15.1 Å². The largest absolute Gasteiger partial charge is 0.461 e. The summed E-state index contributed by atoms with van der Waals surface area (Å²) in [5, 5.41) is 11.0. The topological polar surface area (TPSA) is 121 Å². The highest BCUT2D eigenvalue weighted by Gasteiger charge is 2.45. The number of H-pyrrole nitrogens is 1. The van der Waals surface area contributed by atoms with Crippen molar-refractivity contribution in [2.24, 2.45) is 0 Å². The third-order valence-electron chi connectivity index (χ3n) is 9.61. The molecule has 11 nitrogen and oxygen atoms in total. The van der Waals surface area contributed by atoms with Gasteiger partial charge in [-0.05, 0) is 64.3 Å². The number of fused-ring (bicyclic) bond motifs is 3. The van der Waals surface area contributed by atoms with E-state index in [9.17, 15) is 9.18 Å². The first-order chi connectivity index (χ1) is 22.8. The van der Waals surface area contributed by atoms with Gasteiger partial charge in [-0.3, -0.25) is 15.0 Å². The van der Waals surface area contributed by atoms with Crippen molar-refractivity contribution in [2.45, 2.75) is 69.4 Å². The Labute approximate surface area is 276 Å². The number of aromatic amines is 1. The number of carbonyl (C=O) groups is 1. The highest BCUT2D eigenvalue weighted by Crippen LogP contribution is 2.40. The maximum atomic E-state index is 16.6. The number of anilines is 1. The third-order valence-corrected chi connectivity index (χ3v) is 9.83. The molecule has 8 rings (SSSR count). The molecule has 1 aliphatic carbocycles. The van der Waals surface area contributed by atoms with Gasteiger partial charge in [-0.15, -0.1) is 0 Å². The second kappa shape index (κ2) is 13.0. The second-order valence-electron chi connectivity index (χ2n) is 13.0. The maximum Gasteiger partial charge on any atom is 0.407 e. The Morgan fingerprint density at radius 3 is 2.57 bits per heavy atom. The lowest BCUT2D eigenvalue weighted by atomic mass is 9.95. The highest BCUT2D eigenvalue weighted by molar-refractivity contribution is 6.31. The van der Waals surface area contributed by atoms with Crippen LogP contribution in [-0.2, 0) is 4.74 Å². The summed E-state index contributed by atoms with van der Waals surface area (Å²) in [5.74, 6) is -0.307. The van der Waals surface area contributed by atoms with Crippen molar-refractivity contribution in [3.63, 3.8) is 0 Å². The third kappa shape index (κ3) is 6.27. The van der Waals surface area contributed by atoms with Crippen LogP contribution in [0, 0.1) is 5.82 Å². The molecule has 1 aromatic carbocycles. The molecule has 0 radical (unpaired) electrons. The summed E-state index contributed by atoms with van der Waals surface area (Å²) >= 11 is 6.36. The van der Waals surface area contributed by atoms with E-state index in [1.54, 1.807) is 25.3 Å². The highest BCUT2D eigenvalue weighted by atomic mass is 35.5. The van der Waals surface area contributed by atoms with Crippen LogP contribution in [0.15, 0.2) is 24.5 Å². The van der Waals surface area contributed by atoms with Gasteiger partial charge < -0.3 is 19.7 Å². The monoisotopic (exact) mass is 668 g/mol. The minimum atomic E-state index is -1.18. The molecule has 0 bridgehead atoms. The van der Waals surface area contributed by atoms with E-state index in [4.69, 9.17) is 26.1 Å². The molecule has 2 N–H and O–H groups in total. The molecule has 14 heteroatoms. The number of ether oxygens (including phenoxy) is 2. The summed E-state index contributed by atoms with van der Waals surface area (Å²) in [6.45, 7) is 3.95. The van der Waals surface area contributed by atoms with Crippen LogP contribution in [0.2, 0.25) is 5.02 Å². The fraction of sp³-hybridized carbons (Fsp3) is 0.545. The van der Waals surface area contributed by atoms with E-state index in [-0.39, 0.29) is 35.9 Å². The average Bonchev–Trinajstić information content (AvgIpc) is 3.42. The second-order valence-corrected chi connectivity index (χ2v) is 13.4. The maximum absolute atomic E-state index is 16.6. The van der Waals surface area contributed by atoms with E-state index >= 15 is 4.39 Å². The molecule has 1 saturated carbocycles. The van der Waals surface area contributed by atoms with Gasteiger partial charge in [0.25, 0.3) is 0 Å². The number of carbonyl (C=O) groups excluding carboxylic acids is 1. The zero-order valence-electron chi connectivity index (χ0n) is 26.5. The Morgan fingerprint density at radius 1 is 1.06 bits per heavy atom. The standard InChI is InChI=1S/C30H33ClF2N8O3.C3H6/c1-2-43-28(42)38-29(15-32)7-10-40(16-29)26-21-13-34-24(19-11-18(31)12-22-20(19)14-35-39-22)23(33)25(21)36-27(37-26)44-17-30-5-3-8-41(30)9-4-6-30;1-2-3-1/h11-14H,2-10,15-17H2,1H3,(H,35,39)(H,38,42);1-3H2/t29-;/m0./s1. The van der Waals surface area contributed by atoms with Gasteiger partial charge in [0.15, 0.2) is 5.82 Å². The molecule has 1 amide bonds. The zero-order valence-corrected chi connectivity index (χ0v) is 27.2. The van der Waals surface area contributed by atoms with Crippen molar-refractivity contribution in [1.29, 1.82) is 0 Å². The van der Waals surface area contributed by atoms with E-state index in [1.807, 2.05) is 4.90 Å². The molecular formula is C33H39ClF2N8O3. The summed E-state index contributed by atoms with van der Waals surface area (Å²) in [7, 11) is 0. The van der Waals surface area contributed by atoms with Gasteiger partial charge in [-0.1, -0.05) is 30.9 Å². The molecule has 4 aromatic rings. The first-order valence-corrected chi connectivity index (χ1v) is 16.8. The lowest BCUT2D eigenvalue weighted by Gasteiger charge is -2.31. The number of hydrogen-bond donors (Lipinski definition) is 2. The van der Waals surface area contributed by atoms with Gasteiger partial charge in [0.1, 0.15) is 30.3 Å². The number of alkyl halides is 1. The number of nitrogens with zero attached hydrogens (tertiary/aromatic N) is 6. The molecule has 3 aliphatic heterocycles. The number of aromatic nitrogens is 5. The smallest absolute Gasteiger partial charge is 0.407 e. The van der Waals surface area contributed by atoms with Gasteiger partial charge in [0.2, 0.25) is 0 Å². The number of hydrogen-bond acceptors (Lipinski definition) is 9. The average molecular weight is 669 g/mol. The Kier molecular flexibility index (Phi) is 8.77. The molecular weight excluding hydrogens is 630 g/mol. The van der Waals surface area contributed by atoms with Crippen molar-refractivity contribution in [2.75, 3.05) is 51.0 Å². The first-order valence-electron chi connectivity index (χ1n) is 16.5. The minimum Gasteiger partial charge on any atom is -0.461 e. The lowest BCUT2D eigenvalue weighted by Crippen LogP contribution is -2.52. The Balaban J connectivity index is 0.00000111. The van der Waals surface area contributed by atoms with Crippen molar-refractivity contribution >= 4 is 45.3 Å². The lowest BCUT2D eigenvalue weighted by molar-refractivity contribution is 0.108. The summed E-state index contributed by atoms with van der Waals surface area (Å²) in [6.07, 6.45) is 11.5. The fourth-order valence-corrected chi connectivity index (χ4v) is 7.29. The van der Waals surface area contributed by atoms with Gasteiger partial charge in [0, 0.05) is 35.3 Å². The molecule has 47 heavy (non-hydrogen) atoms. The number of alkyl carbamates (subject to hydrolysis) is 1. The van der Waals surface area contributed by atoms with Crippen molar-refractivity contribution < 1.29 is 23.0 Å². The van der Waals surface area contributed by atoms with Crippen LogP contribution < -0.4 is 15.0 Å². The van der Waals surface area contributed by atoms with Crippen LogP contribution in [-0.4, -0.2) is 93.3 Å². The zero-order chi connectivity index (χ0) is 32.6. The number of amides is 1. The van der Waals surface area contributed by atoms with Crippen LogP contribution >= 0.6 is 11.6 Å². The van der Waals surface area contributed by atoms with Crippen LogP contribution in [0.5, 0.6) is 6.01 Å². The number of pyridine rings is 1. The molecule has 4 fully saturated rings. The molecule has 4 aliphatic rings. The van der Waals surface area contributed by atoms with E-state index in [1.165, 1.54) is 25.5 Å². The number of nitrogens with one attached hydrogen (secondary N) is 2.